The van der Waals surface area contributed by atoms with E-state index < -0.39 is 23.3 Å². The molecule has 0 unspecified atom stereocenters. The summed E-state index contributed by atoms with van der Waals surface area (Å²) in [5, 5.41) is 9.09. The average Bonchev–Trinajstić information content (AvgIpc) is 2.72. The van der Waals surface area contributed by atoms with E-state index in [9.17, 15) is 18.4 Å². The molecule has 0 aliphatic rings. The van der Waals surface area contributed by atoms with Crippen LogP contribution >= 0.6 is 0 Å². The van der Waals surface area contributed by atoms with Crippen molar-refractivity contribution in [3.05, 3.63) is 64.1 Å². The van der Waals surface area contributed by atoms with Gasteiger partial charge in [-0.25, -0.2) is 18.4 Å². The zero-order valence-electron chi connectivity index (χ0n) is 10.4. The quantitative estimate of drug-likeness (QED) is 0.760. The summed E-state index contributed by atoms with van der Waals surface area (Å²) in [5.74, 6) is -2.87. The van der Waals surface area contributed by atoms with Gasteiger partial charge in [0.2, 0.25) is 0 Å². The first kappa shape index (κ1) is 13.0. The highest BCUT2D eigenvalue weighted by molar-refractivity contribution is 6.01. The number of aromatic amines is 1. The van der Waals surface area contributed by atoms with Gasteiger partial charge in [-0.05, 0) is 24.3 Å². The van der Waals surface area contributed by atoms with E-state index in [2.05, 4.69) is 4.98 Å². The largest absolute Gasteiger partial charge is 0.478 e. The van der Waals surface area contributed by atoms with Crippen molar-refractivity contribution in [2.24, 2.45) is 0 Å². The Balaban J connectivity index is 2.38. The highest BCUT2D eigenvalue weighted by atomic mass is 19.1. The van der Waals surface area contributed by atoms with Gasteiger partial charge in [-0.15, -0.1) is 0 Å². The van der Waals surface area contributed by atoms with Crippen molar-refractivity contribution in [1.29, 1.82) is 0 Å². The number of nitrogens with one attached hydrogen (secondary N) is 1. The Kier molecular flexibility index (Phi) is 2.83. The van der Waals surface area contributed by atoms with Crippen LogP contribution in [0.25, 0.3) is 16.7 Å². The maximum atomic E-state index is 13.3. The molecule has 0 bridgehead atoms. The van der Waals surface area contributed by atoms with Crippen molar-refractivity contribution in [3.63, 3.8) is 0 Å². The van der Waals surface area contributed by atoms with Crippen LogP contribution in [-0.2, 0) is 0 Å². The summed E-state index contributed by atoms with van der Waals surface area (Å²) in [6.07, 6.45) is 0. The molecule has 0 aliphatic carbocycles. The minimum Gasteiger partial charge on any atom is -0.478 e. The zero-order chi connectivity index (χ0) is 15.1. The highest BCUT2D eigenvalue weighted by Gasteiger charge is 2.16. The second-order valence-electron chi connectivity index (χ2n) is 4.40. The lowest BCUT2D eigenvalue weighted by molar-refractivity contribution is 0.0699. The molecular weight excluding hydrogens is 282 g/mol. The first-order chi connectivity index (χ1) is 9.97. The van der Waals surface area contributed by atoms with Crippen molar-refractivity contribution < 1.29 is 18.7 Å². The van der Waals surface area contributed by atoms with E-state index in [1.807, 2.05) is 0 Å². The number of hydrogen-bond donors (Lipinski definition) is 2. The molecule has 2 aromatic carbocycles. The molecule has 106 valence electrons. The van der Waals surface area contributed by atoms with Crippen LogP contribution in [-0.4, -0.2) is 20.6 Å². The number of fused-ring (bicyclic) bond motifs is 1. The third-order valence-electron chi connectivity index (χ3n) is 3.05. The minimum atomic E-state index is -1.21. The first-order valence-corrected chi connectivity index (χ1v) is 5.91. The van der Waals surface area contributed by atoms with E-state index >= 15 is 0 Å². The Morgan fingerprint density at radius 1 is 1.14 bits per heavy atom. The number of para-hydroxylation sites is 1. The Hall–Kier alpha value is -2.96. The summed E-state index contributed by atoms with van der Waals surface area (Å²) in [6.45, 7) is 0. The van der Waals surface area contributed by atoms with Crippen LogP contribution in [0.1, 0.15) is 10.4 Å². The number of nitrogens with zero attached hydrogens (tertiary/aromatic N) is 1. The molecule has 7 heteroatoms. The lowest BCUT2D eigenvalue weighted by atomic mass is 10.2. The molecule has 5 nitrogen and oxygen atoms in total. The van der Waals surface area contributed by atoms with E-state index in [-0.39, 0.29) is 22.3 Å². The molecule has 0 saturated carbocycles. The van der Waals surface area contributed by atoms with E-state index in [4.69, 9.17) is 5.11 Å². The molecule has 0 aliphatic heterocycles. The number of H-pyrrole nitrogens is 1. The predicted octanol–water partition coefficient (Wildman–Crippen LogP) is 2.30. The smallest absolute Gasteiger partial charge is 0.337 e. The van der Waals surface area contributed by atoms with Gasteiger partial charge in [-0.2, -0.15) is 0 Å². The molecule has 21 heavy (non-hydrogen) atoms. The summed E-state index contributed by atoms with van der Waals surface area (Å²) in [4.78, 5) is 25.5. The molecule has 0 amide bonds. The van der Waals surface area contributed by atoms with E-state index in [1.165, 1.54) is 18.2 Å². The van der Waals surface area contributed by atoms with Gasteiger partial charge >= 0.3 is 11.7 Å². The second-order valence-corrected chi connectivity index (χ2v) is 4.40. The van der Waals surface area contributed by atoms with Gasteiger partial charge in [-0.3, -0.25) is 4.57 Å². The lowest BCUT2D eigenvalue weighted by Crippen LogP contribution is -2.14. The normalized spacial score (nSPS) is 11.0. The minimum absolute atomic E-state index is 0.0220. The molecular formula is C14H8F2N2O3. The number of halogens is 2. The van der Waals surface area contributed by atoms with Gasteiger partial charge < -0.3 is 10.1 Å². The van der Waals surface area contributed by atoms with Crippen molar-refractivity contribution in [2.45, 2.75) is 0 Å². The molecule has 1 heterocycles. The number of carboxylic acid groups (broad SMARTS) is 1. The van der Waals surface area contributed by atoms with Crippen LogP contribution in [0.15, 0.2) is 41.2 Å². The fraction of sp³-hybridized carbons (Fsp3) is 0. The SMILES string of the molecule is O=C(O)c1cccc2c1[nH]c(=O)n2-c1cc(F)cc(F)c1. The summed E-state index contributed by atoms with van der Waals surface area (Å²) in [5.41, 5.74) is -0.472. The van der Waals surface area contributed by atoms with E-state index in [1.54, 1.807) is 0 Å². The molecule has 0 saturated heterocycles. The number of aromatic nitrogens is 2. The predicted molar refractivity (Wildman–Crippen MR) is 70.8 cm³/mol. The van der Waals surface area contributed by atoms with Gasteiger partial charge in [0.15, 0.2) is 0 Å². The van der Waals surface area contributed by atoms with Gasteiger partial charge in [0.05, 0.1) is 22.3 Å². The van der Waals surface area contributed by atoms with Gasteiger partial charge in [0, 0.05) is 6.07 Å². The van der Waals surface area contributed by atoms with Crippen LogP contribution in [0.3, 0.4) is 0 Å². The fourth-order valence-electron chi connectivity index (χ4n) is 2.23. The van der Waals surface area contributed by atoms with Crippen molar-refractivity contribution in [3.8, 4) is 5.69 Å². The number of benzene rings is 2. The molecule has 0 fully saturated rings. The average molecular weight is 290 g/mol. The first-order valence-electron chi connectivity index (χ1n) is 5.91. The summed E-state index contributed by atoms with van der Waals surface area (Å²) >= 11 is 0. The van der Waals surface area contributed by atoms with E-state index in [0.29, 0.717) is 6.07 Å². The fourth-order valence-corrected chi connectivity index (χ4v) is 2.23. The molecule has 0 radical (unpaired) electrons. The topological polar surface area (TPSA) is 75.1 Å². The monoisotopic (exact) mass is 290 g/mol. The summed E-state index contributed by atoms with van der Waals surface area (Å²) in [7, 11) is 0. The Labute approximate surface area is 116 Å². The lowest BCUT2D eigenvalue weighted by Gasteiger charge is -2.04. The van der Waals surface area contributed by atoms with Crippen molar-refractivity contribution in [2.75, 3.05) is 0 Å². The third kappa shape index (κ3) is 2.08. The molecule has 3 aromatic rings. The van der Waals surface area contributed by atoms with Crippen LogP contribution in [0.2, 0.25) is 0 Å². The molecule has 0 spiro atoms. The second kappa shape index (κ2) is 4.55. The van der Waals surface area contributed by atoms with Crippen LogP contribution in [0.5, 0.6) is 0 Å². The molecule has 0 atom stereocenters. The standard InChI is InChI=1S/C14H8F2N2O3/c15-7-4-8(16)6-9(5-7)18-11-3-1-2-10(13(19)20)12(11)17-14(18)21/h1-6H,(H,17,21)(H,19,20). The number of imidazole rings is 1. The molecule has 3 rings (SSSR count). The molecule has 1 aromatic heterocycles. The summed E-state index contributed by atoms with van der Waals surface area (Å²) < 4.78 is 27.6. The number of carboxylic acids is 1. The number of aromatic carboxylic acids is 1. The van der Waals surface area contributed by atoms with Crippen LogP contribution < -0.4 is 5.69 Å². The maximum Gasteiger partial charge on any atom is 0.337 e. The van der Waals surface area contributed by atoms with Crippen molar-refractivity contribution >= 4 is 17.0 Å². The third-order valence-corrected chi connectivity index (χ3v) is 3.05. The Morgan fingerprint density at radius 3 is 2.43 bits per heavy atom. The Morgan fingerprint density at radius 2 is 1.81 bits per heavy atom. The number of hydrogen-bond acceptors (Lipinski definition) is 2. The highest BCUT2D eigenvalue weighted by Crippen LogP contribution is 2.20. The number of carbonyl (C=O) groups is 1. The van der Waals surface area contributed by atoms with Gasteiger partial charge in [-0.1, -0.05) is 6.07 Å². The molecule has 2 N–H and O–H groups in total. The van der Waals surface area contributed by atoms with Crippen molar-refractivity contribution in [1.82, 2.24) is 9.55 Å². The van der Waals surface area contributed by atoms with Gasteiger partial charge in [0.1, 0.15) is 11.6 Å². The maximum absolute atomic E-state index is 13.3. The van der Waals surface area contributed by atoms with E-state index in [0.717, 1.165) is 16.7 Å². The zero-order valence-corrected chi connectivity index (χ0v) is 10.4. The number of rotatable bonds is 2. The van der Waals surface area contributed by atoms with Crippen LogP contribution in [0.4, 0.5) is 8.78 Å². The van der Waals surface area contributed by atoms with Gasteiger partial charge in [0.25, 0.3) is 0 Å². The van der Waals surface area contributed by atoms with Crippen LogP contribution in [0, 0.1) is 11.6 Å². The Bertz CT molecular complexity index is 907. The summed E-state index contributed by atoms with van der Waals surface area (Å²) in [6, 6.07) is 6.94.